The van der Waals surface area contributed by atoms with Crippen LogP contribution in [-0.2, 0) is 4.79 Å². The van der Waals surface area contributed by atoms with E-state index in [9.17, 15) is 24.9 Å². The Bertz CT molecular complexity index is 845. The summed E-state index contributed by atoms with van der Waals surface area (Å²) in [4.78, 5) is 24.0. The van der Waals surface area contributed by atoms with Gasteiger partial charge in [-0.3, -0.25) is 9.59 Å². The van der Waals surface area contributed by atoms with Crippen molar-refractivity contribution in [3.63, 3.8) is 0 Å². The summed E-state index contributed by atoms with van der Waals surface area (Å²) in [6, 6.07) is 4.36. The molecule has 3 N–H and O–H groups in total. The van der Waals surface area contributed by atoms with Crippen molar-refractivity contribution in [2.24, 2.45) is 0 Å². The van der Waals surface area contributed by atoms with E-state index in [2.05, 4.69) is 0 Å². The molecule has 108 valence electrons. The molecule has 1 heterocycles. The van der Waals surface area contributed by atoms with E-state index in [1.807, 2.05) is 0 Å². The van der Waals surface area contributed by atoms with E-state index in [1.165, 1.54) is 24.3 Å². The van der Waals surface area contributed by atoms with Crippen LogP contribution >= 0.6 is 0 Å². The smallest absolute Gasteiger partial charge is 0.314 e. The molecule has 1 aromatic carbocycles. The molecule has 0 fully saturated rings. The molecule has 0 amide bonds. The number of carboxylic acid groups (broad SMARTS) is 1. The molecule has 0 saturated heterocycles. The van der Waals surface area contributed by atoms with E-state index < -0.39 is 23.4 Å². The number of hydrogen-bond donors (Lipinski definition) is 3. The Morgan fingerprint density at radius 1 is 1.33 bits per heavy atom. The zero-order chi connectivity index (χ0) is 15.3. The zero-order valence-electron chi connectivity index (χ0n) is 11.0. The van der Waals surface area contributed by atoms with E-state index in [0.717, 1.165) is 0 Å². The largest absolute Gasteiger partial charge is 0.507 e. The molecule has 0 radical (unpaired) electrons. The first-order valence-electron chi connectivity index (χ1n) is 6.29. The second-order valence-electron chi connectivity index (χ2n) is 5.01. The van der Waals surface area contributed by atoms with Gasteiger partial charge in [0.2, 0.25) is 5.43 Å². The topological polar surface area (TPSA) is 108 Å². The SMILES string of the molecule is CC1=Cc2oc3cccc(O)c3c(=O)c2C(C(=O)O)C1O. The minimum absolute atomic E-state index is 0.0809. The number of benzene rings is 1. The number of phenolic OH excluding ortho intramolecular Hbond substituents is 1. The lowest BCUT2D eigenvalue weighted by atomic mass is 9.83. The molecule has 1 aliphatic rings. The minimum atomic E-state index is -1.41. The van der Waals surface area contributed by atoms with Gasteiger partial charge in [0.05, 0.1) is 11.7 Å². The lowest BCUT2D eigenvalue weighted by Gasteiger charge is -2.25. The van der Waals surface area contributed by atoms with Crippen molar-refractivity contribution >= 4 is 23.0 Å². The molecule has 2 atom stereocenters. The third-order valence-corrected chi connectivity index (χ3v) is 3.68. The van der Waals surface area contributed by atoms with E-state index in [4.69, 9.17) is 4.42 Å². The van der Waals surface area contributed by atoms with E-state index in [0.29, 0.717) is 5.57 Å². The normalized spacial score (nSPS) is 21.0. The summed E-state index contributed by atoms with van der Waals surface area (Å²) in [5.41, 5.74) is -0.213. The molecule has 0 bridgehead atoms. The quantitative estimate of drug-likeness (QED) is 0.733. The first kappa shape index (κ1) is 13.4. The van der Waals surface area contributed by atoms with Crippen molar-refractivity contribution in [3.05, 3.63) is 45.3 Å². The molecule has 21 heavy (non-hydrogen) atoms. The van der Waals surface area contributed by atoms with Crippen LogP contribution in [0, 0.1) is 0 Å². The van der Waals surface area contributed by atoms with E-state index >= 15 is 0 Å². The Hall–Kier alpha value is -2.60. The highest BCUT2D eigenvalue weighted by atomic mass is 16.4. The summed E-state index contributed by atoms with van der Waals surface area (Å²) in [5.74, 6) is -2.91. The average molecular weight is 288 g/mol. The Labute approximate surface area is 118 Å². The summed E-state index contributed by atoms with van der Waals surface area (Å²) < 4.78 is 5.53. The molecular formula is C15H12O6. The van der Waals surface area contributed by atoms with Crippen LogP contribution in [0.5, 0.6) is 5.75 Å². The molecule has 3 rings (SSSR count). The van der Waals surface area contributed by atoms with Crippen LogP contribution in [0.25, 0.3) is 17.0 Å². The third kappa shape index (κ3) is 1.84. The molecule has 2 aromatic rings. The first-order chi connectivity index (χ1) is 9.91. The molecule has 1 aromatic heterocycles. The van der Waals surface area contributed by atoms with Crippen molar-refractivity contribution < 1.29 is 24.5 Å². The number of phenols is 1. The second-order valence-corrected chi connectivity index (χ2v) is 5.01. The Balaban J connectivity index is 2.46. The predicted octanol–water partition coefficient (Wildman–Crippen LogP) is 1.44. The number of aromatic hydroxyl groups is 1. The van der Waals surface area contributed by atoms with E-state index in [-0.39, 0.29) is 28.0 Å². The average Bonchev–Trinajstić information content (AvgIpc) is 2.40. The van der Waals surface area contributed by atoms with Crippen LogP contribution < -0.4 is 5.43 Å². The molecular weight excluding hydrogens is 276 g/mol. The maximum absolute atomic E-state index is 12.5. The maximum atomic E-state index is 12.5. The van der Waals surface area contributed by atoms with Crippen molar-refractivity contribution in [3.8, 4) is 5.75 Å². The lowest BCUT2D eigenvalue weighted by Crippen LogP contribution is -2.34. The second kappa shape index (κ2) is 4.46. The number of fused-ring (bicyclic) bond motifs is 2. The van der Waals surface area contributed by atoms with Gasteiger partial charge in [-0.25, -0.2) is 0 Å². The fourth-order valence-corrected chi connectivity index (χ4v) is 2.63. The highest BCUT2D eigenvalue weighted by molar-refractivity contribution is 5.88. The van der Waals surface area contributed by atoms with Gasteiger partial charge in [0.25, 0.3) is 0 Å². The minimum Gasteiger partial charge on any atom is -0.507 e. The van der Waals surface area contributed by atoms with Crippen LogP contribution in [0.15, 0.2) is 33.0 Å². The predicted molar refractivity (Wildman–Crippen MR) is 74.2 cm³/mol. The van der Waals surface area contributed by atoms with Crippen molar-refractivity contribution in [1.29, 1.82) is 0 Å². The van der Waals surface area contributed by atoms with Gasteiger partial charge in [0.1, 0.15) is 28.4 Å². The Morgan fingerprint density at radius 3 is 2.71 bits per heavy atom. The Morgan fingerprint density at radius 2 is 2.05 bits per heavy atom. The van der Waals surface area contributed by atoms with Gasteiger partial charge >= 0.3 is 5.97 Å². The summed E-state index contributed by atoms with van der Waals surface area (Å²) in [7, 11) is 0. The number of hydrogen-bond acceptors (Lipinski definition) is 5. The molecule has 2 unspecified atom stereocenters. The monoisotopic (exact) mass is 288 g/mol. The molecule has 1 aliphatic carbocycles. The van der Waals surface area contributed by atoms with Gasteiger partial charge in [0, 0.05) is 0 Å². The summed E-state index contributed by atoms with van der Waals surface area (Å²) in [6.45, 7) is 1.57. The van der Waals surface area contributed by atoms with Gasteiger partial charge in [-0.05, 0) is 30.7 Å². The first-order valence-corrected chi connectivity index (χ1v) is 6.29. The highest BCUT2D eigenvalue weighted by Gasteiger charge is 2.38. The summed E-state index contributed by atoms with van der Waals surface area (Å²) in [6.07, 6.45) is 0.144. The van der Waals surface area contributed by atoms with Gasteiger partial charge < -0.3 is 19.7 Å². The van der Waals surface area contributed by atoms with E-state index in [1.54, 1.807) is 6.92 Å². The third-order valence-electron chi connectivity index (χ3n) is 3.68. The number of rotatable bonds is 1. The van der Waals surface area contributed by atoms with Gasteiger partial charge in [0.15, 0.2) is 0 Å². The number of aliphatic carboxylic acids is 1. The van der Waals surface area contributed by atoms with Crippen molar-refractivity contribution in [1.82, 2.24) is 0 Å². The molecule has 6 heteroatoms. The molecule has 0 spiro atoms. The number of carbonyl (C=O) groups is 1. The maximum Gasteiger partial charge on any atom is 0.314 e. The fourth-order valence-electron chi connectivity index (χ4n) is 2.63. The van der Waals surface area contributed by atoms with Crippen LogP contribution in [0.4, 0.5) is 0 Å². The lowest BCUT2D eigenvalue weighted by molar-refractivity contribution is -0.141. The van der Waals surface area contributed by atoms with Crippen LogP contribution in [-0.4, -0.2) is 27.4 Å². The van der Waals surface area contributed by atoms with Crippen LogP contribution in [0.1, 0.15) is 24.2 Å². The highest BCUT2D eigenvalue weighted by Crippen LogP contribution is 2.35. The standard InChI is InChI=1S/C15H12O6/c1-6-5-9-11(12(13(6)17)15(19)20)14(18)10-7(16)3-2-4-8(10)21-9/h2-5,12-13,16-17H,1H3,(H,19,20). The number of carboxylic acids is 1. The van der Waals surface area contributed by atoms with Gasteiger partial charge in [-0.2, -0.15) is 0 Å². The fraction of sp³-hybridized carbons (Fsp3) is 0.200. The number of aliphatic hydroxyl groups excluding tert-OH is 1. The molecule has 6 nitrogen and oxygen atoms in total. The van der Waals surface area contributed by atoms with Crippen LogP contribution in [0.2, 0.25) is 0 Å². The van der Waals surface area contributed by atoms with Gasteiger partial charge in [-0.15, -0.1) is 0 Å². The zero-order valence-corrected chi connectivity index (χ0v) is 11.0. The Kier molecular flexibility index (Phi) is 2.84. The molecule has 0 saturated carbocycles. The van der Waals surface area contributed by atoms with Crippen LogP contribution in [0.3, 0.4) is 0 Å². The van der Waals surface area contributed by atoms with Crippen molar-refractivity contribution in [2.45, 2.75) is 18.9 Å². The molecule has 0 aliphatic heterocycles. The van der Waals surface area contributed by atoms with Crippen molar-refractivity contribution in [2.75, 3.05) is 0 Å². The summed E-state index contributed by atoms with van der Waals surface area (Å²) in [5, 5.41) is 29.1. The number of aliphatic hydroxyl groups is 1. The summed E-state index contributed by atoms with van der Waals surface area (Å²) >= 11 is 0. The van der Waals surface area contributed by atoms with Gasteiger partial charge in [-0.1, -0.05) is 6.07 Å².